The van der Waals surface area contributed by atoms with Crippen LogP contribution in [-0.2, 0) is 0 Å². The van der Waals surface area contributed by atoms with E-state index in [9.17, 15) is 9.59 Å². The first-order valence-electron chi connectivity index (χ1n) is 11.9. The number of nitrogens with zero attached hydrogens (tertiary/aromatic N) is 4. The lowest BCUT2D eigenvalue weighted by molar-refractivity contribution is 0.0264. The smallest absolute Gasteiger partial charge is 0.276 e. The van der Waals surface area contributed by atoms with Crippen molar-refractivity contribution in [2.24, 2.45) is 0 Å². The number of aromatic nitrogens is 2. The largest absolute Gasteiger partial charge is 0.487 e. The molecule has 2 atom stereocenters. The molecule has 1 fully saturated rings. The van der Waals surface area contributed by atoms with Gasteiger partial charge in [-0.05, 0) is 44.2 Å². The zero-order valence-electron chi connectivity index (χ0n) is 19.3. The van der Waals surface area contributed by atoms with Gasteiger partial charge in [0.05, 0.1) is 11.6 Å². The zero-order valence-corrected chi connectivity index (χ0v) is 19.3. The number of nitrogen functional groups attached to an aromatic ring is 1. The van der Waals surface area contributed by atoms with Crippen LogP contribution in [0.25, 0.3) is 0 Å². The Hall–Kier alpha value is -3.16. The van der Waals surface area contributed by atoms with Crippen molar-refractivity contribution in [2.75, 3.05) is 25.9 Å². The lowest BCUT2D eigenvalue weighted by atomic mass is 9.90. The van der Waals surface area contributed by atoms with Crippen LogP contribution in [-0.4, -0.2) is 63.9 Å². The van der Waals surface area contributed by atoms with Gasteiger partial charge in [-0.2, -0.15) is 0 Å². The first-order valence-corrected chi connectivity index (χ1v) is 11.9. The monoisotopic (exact) mass is 451 g/mol. The molecule has 1 saturated carbocycles. The Morgan fingerprint density at radius 1 is 1.00 bits per heavy atom. The van der Waals surface area contributed by atoms with Gasteiger partial charge in [-0.1, -0.05) is 31.4 Å². The molecule has 2 N–H and O–H groups in total. The molecule has 33 heavy (non-hydrogen) atoms. The Labute approximate surface area is 195 Å². The van der Waals surface area contributed by atoms with E-state index in [4.69, 9.17) is 10.5 Å². The van der Waals surface area contributed by atoms with Crippen LogP contribution in [0.15, 0.2) is 36.7 Å². The lowest BCUT2D eigenvalue weighted by Gasteiger charge is -2.40. The van der Waals surface area contributed by atoms with Crippen molar-refractivity contribution in [2.45, 2.75) is 63.5 Å². The molecule has 176 valence electrons. The van der Waals surface area contributed by atoms with Crippen molar-refractivity contribution in [3.05, 3.63) is 47.9 Å². The highest BCUT2D eigenvalue weighted by molar-refractivity contribution is 5.97. The third-order valence-corrected chi connectivity index (χ3v) is 6.64. The quantitative estimate of drug-likeness (QED) is 0.712. The van der Waals surface area contributed by atoms with Crippen molar-refractivity contribution in [3.63, 3.8) is 0 Å². The molecule has 0 saturated heterocycles. The second-order valence-corrected chi connectivity index (χ2v) is 8.93. The van der Waals surface area contributed by atoms with E-state index in [1.54, 1.807) is 4.90 Å². The molecule has 2 heterocycles. The molecule has 4 rings (SSSR count). The maximum absolute atomic E-state index is 13.6. The Kier molecular flexibility index (Phi) is 7.42. The topological polar surface area (TPSA) is 102 Å². The summed E-state index contributed by atoms with van der Waals surface area (Å²) in [7, 11) is 1.85. The fraction of sp³-hybridized carbons (Fsp3) is 0.520. The third-order valence-electron chi connectivity index (χ3n) is 6.64. The van der Waals surface area contributed by atoms with E-state index in [2.05, 4.69) is 9.97 Å². The summed E-state index contributed by atoms with van der Waals surface area (Å²) in [6.07, 6.45) is 10.3. The van der Waals surface area contributed by atoms with Gasteiger partial charge in [-0.3, -0.25) is 9.59 Å². The van der Waals surface area contributed by atoms with Gasteiger partial charge in [-0.15, -0.1) is 0 Å². The lowest BCUT2D eigenvalue weighted by Crippen LogP contribution is -2.51. The molecule has 2 aliphatic rings. The molecule has 0 bridgehead atoms. The molecule has 1 aromatic heterocycles. The molecular formula is C25H33N5O3. The van der Waals surface area contributed by atoms with E-state index < -0.39 is 0 Å². The Morgan fingerprint density at radius 2 is 1.73 bits per heavy atom. The van der Waals surface area contributed by atoms with Crippen LogP contribution in [0.2, 0.25) is 0 Å². The van der Waals surface area contributed by atoms with Crippen molar-refractivity contribution in [1.29, 1.82) is 0 Å². The summed E-state index contributed by atoms with van der Waals surface area (Å²) < 4.78 is 6.50. The van der Waals surface area contributed by atoms with Crippen LogP contribution in [0.3, 0.4) is 0 Å². The predicted molar refractivity (Wildman–Crippen MR) is 126 cm³/mol. The molecule has 0 unspecified atom stereocenters. The average molecular weight is 452 g/mol. The standard InChI is InChI=1S/C25H33N5O3/c1-29-16-8-2-3-9-17-30(25(32)22-23(26)28-15-14-27-22)19-11-5-7-13-21(19)33-20-12-6-4-10-18(20)24(29)31/h4,6,10,12,14-15,19,21H,2-3,5,7-9,11,13,16-17H2,1H3,(H2,26,28)/t19-,21+/m1/s1. The summed E-state index contributed by atoms with van der Waals surface area (Å²) in [5, 5.41) is 0. The van der Waals surface area contributed by atoms with Gasteiger partial charge < -0.3 is 20.3 Å². The normalized spacial score (nSPS) is 22.5. The fourth-order valence-electron chi connectivity index (χ4n) is 4.84. The minimum absolute atomic E-state index is 0.0321. The summed E-state index contributed by atoms with van der Waals surface area (Å²) in [5.74, 6) is 0.497. The summed E-state index contributed by atoms with van der Waals surface area (Å²) >= 11 is 0. The summed E-state index contributed by atoms with van der Waals surface area (Å²) in [6, 6.07) is 7.31. The number of nitrogens with two attached hydrogens (primary N) is 1. The minimum Gasteiger partial charge on any atom is -0.487 e. The maximum Gasteiger partial charge on any atom is 0.276 e. The number of hydrogen-bond acceptors (Lipinski definition) is 6. The van der Waals surface area contributed by atoms with Crippen LogP contribution in [0.4, 0.5) is 5.82 Å². The van der Waals surface area contributed by atoms with Crippen molar-refractivity contribution >= 4 is 17.6 Å². The number of rotatable bonds is 1. The average Bonchev–Trinajstić information content (AvgIpc) is 2.83. The first kappa shape index (κ1) is 23.0. The third kappa shape index (κ3) is 5.26. The molecule has 8 nitrogen and oxygen atoms in total. The van der Waals surface area contributed by atoms with E-state index in [0.717, 1.165) is 51.4 Å². The second-order valence-electron chi connectivity index (χ2n) is 8.93. The minimum atomic E-state index is -0.206. The van der Waals surface area contributed by atoms with Crippen molar-refractivity contribution in [3.8, 4) is 5.75 Å². The van der Waals surface area contributed by atoms with E-state index in [0.29, 0.717) is 24.4 Å². The van der Waals surface area contributed by atoms with Gasteiger partial charge in [0.2, 0.25) is 0 Å². The number of para-hydroxylation sites is 1. The second kappa shape index (κ2) is 10.6. The molecular weight excluding hydrogens is 418 g/mol. The van der Waals surface area contributed by atoms with E-state index in [1.165, 1.54) is 12.4 Å². The highest BCUT2D eigenvalue weighted by Crippen LogP contribution is 2.31. The van der Waals surface area contributed by atoms with Gasteiger partial charge in [0, 0.05) is 32.5 Å². The van der Waals surface area contributed by atoms with E-state index in [1.807, 2.05) is 36.2 Å². The van der Waals surface area contributed by atoms with Crippen LogP contribution < -0.4 is 10.5 Å². The number of carbonyl (C=O) groups is 2. The molecule has 1 aliphatic carbocycles. The number of anilines is 1. The van der Waals surface area contributed by atoms with Gasteiger partial charge in [0.1, 0.15) is 11.9 Å². The molecule has 0 spiro atoms. The van der Waals surface area contributed by atoms with E-state index >= 15 is 0 Å². The Morgan fingerprint density at radius 3 is 2.55 bits per heavy atom. The predicted octanol–water partition coefficient (Wildman–Crippen LogP) is 3.54. The summed E-state index contributed by atoms with van der Waals surface area (Å²) in [5.41, 5.74) is 6.76. The SMILES string of the molecule is CN1CCCCCCN(C(=O)c2nccnc2N)[C@@H]2CCCC[C@@H]2Oc2ccccc2C1=O. The number of carbonyl (C=O) groups excluding carboxylic acids is 2. The zero-order chi connectivity index (χ0) is 23.2. The summed E-state index contributed by atoms with van der Waals surface area (Å²) in [4.78, 5) is 38.7. The summed E-state index contributed by atoms with van der Waals surface area (Å²) in [6.45, 7) is 1.31. The number of ether oxygens (including phenoxy) is 1. The van der Waals surface area contributed by atoms with Gasteiger partial charge >= 0.3 is 0 Å². The van der Waals surface area contributed by atoms with Crippen LogP contribution in [0, 0.1) is 0 Å². The molecule has 2 amide bonds. The van der Waals surface area contributed by atoms with Crippen LogP contribution in [0.1, 0.15) is 72.2 Å². The number of fused-ring (bicyclic) bond motifs is 2. The van der Waals surface area contributed by atoms with Crippen molar-refractivity contribution in [1.82, 2.24) is 19.8 Å². The molecule has 8 heteroatoms. The van der Waals surface area contributed by atoms with Gasteiger partial charge in [0.25, 0.3) is 11.8 Å². The Balaban J connectivity index is 1.69. The molecule has 2 aromatic rings. The maximum atomic E-state index is 13.6. The fourth-order valence-corrected chi connectivity index (χ4v) is 4.84. The first-order chi connectivity index (χ1) is 16.1. The van der Waals surface area contributed by atoms with Crippen molar-refractivity contribution < 1.29 is 14.3 Å². The van der Waals surface area contributed by atoms with Gasteiger partial charge in [0.15, 0.2) is 11.5 Å². The number of benzene rings is 1. The number of hydrogen-bond donors (Lipinski definition) is 1. The molecule has 1 aliphatic heterocycles. The highest BCUT2D eigenvalue weighted by atomic mass is 16.5. The van der Waals surface area contributed by atoms with Gasteiger partial charge in [-0.25, -0.2) is 9.97 Å². The molecule has 0 radical (unpaired) electrons. The van der Waals surface area contributed by atoms with Crippen LogP contribution >= 0.6 is 0 Å². The van der Waals surface area contributed by atoms with Crippen LogP contribution in [0.5, 0.6) is 5.75 Å². The highest BCUT2D eigenvalue weighted by Gasteiger charge is 2.36. The number of amides is 2. The Bertz CT molecular complexity index is 982. The van der Waals surface area contributed by atoms with E-state index in [-0.39, 0.29) is 35.5 Å². The molecule has 1 aromatic carbocycles.